The minimum Gasteiger partial charge on any atom is -0.406 e. The first-order valence-electron chi connectivity index (χ1n) is 9.63. The summed E-state index contributed by atoms with van der Waals surface area (Å²) in [5, 5.41) is 0. The molecule has 0 N–H and O–H groups in total. The Labute approximate surface area is 179 Å². The molecule has 0 saturated heterocycles. The van der Waals surface area contributed by atoms with E-state index in [0.717, 1.165) is 17.8 Å². The summed E-state index contributed by atoms with van der Waals surface area (Å²) in [6.07, 6.45) is -1.77. The molecule has 7 nitrogen and oxygen atoms in total. The molecule has 1 atom stereocenters. The molecule has 32 heavy (non-hydrogen) atoms. The number of alkyl halides is 3. The van der Waals surface area contributed by atoms with Gasteiger partial charge < -0.3 is 18.8 Å². The molecule has 3 aromatic rings. The molecule has 0 saturated carbocycles. The Bertz CT molecular complexity index is 1250. The summed E-state index contributed by atoms with van der Waals surface area (Å²) in [4.78, 5) is 31.5. The number of hydrogen-bond donors (Lipinski definition) is 0. The number of halogens is 4. The lowest BCUT2D eigenvalue weighted by Gasteiger charge is -2.35. The number of rotatable bonds is 4. The number of imidazole rings is 1. The van der Waals surface area contributed by atoms with Gasteiger partial charge in [-0.25, -0.2) is 9.37 Å². The van der Waals surface area contributed by atoms with Gasteiger partial charge in [0.25, 0.3) is 11.5 Å². The highest BCUT2D eigenvalue weighted by Crippen LogP contribution is 2.27. The summed E-state index contributed by atoms with van der Waals surface area (Å²) in [7, 11) is 0. The molecule has 11 heteroatoms. The van der Waals surface area contributed by atoms with Crippen molar-refractivity contribution in [1.82, 2.24) is 19.0 Å². The van der Waals surface area contributed by atoms with Crippen LogP contribution < -0.4 is 10.3 Å². The van der Waals surface area contributed by atoms with Gasteiger partial charge in [-0.2, -0.15) is 0 Å². The Morgan fingerprint density at radius 2 is 1.94 bits per heavy atom. The summed E-state index contributed by atoms with van der Waals surface area (Å²) in [5.74, 6) is -2.12. The molecule has 1 aliphatic rings. The molecule has 4 rings (SSSR count). The highest BCUT2D eigenvalue weighted by molar-refractivity contribution is 5.93. The van der Waals surface area contributed by atoms with Crippen molar-refractivity contribution in [3.8, 4) is 11.4 Å². The first kappa shape index (κ1) is 21.6. The quantitative estimate of drug-likeness (QED) is 0.572. The molecular formula is C21H18F4N4O3. The van der Waals surface area contributed by atoms with E-state index in [1.165, 1.54) is 27.9 Å². The van der Waals surface area contributed by atoms with Crippen molar-refractivity contribution >= 4 is 5.91 Å². The maximum atomic E-state index is 13.8. The predicted molar refractivity (Wildman–Crippen MR) is 105 cm³/mol. The molecular weight excluding hydrogens is 432 g/mol. The second-order valence-electron chi connectivity index (χ2n) is 7.57. The van der Waals surface area contributed by atoms with Crippen molar-refractivity contribution in [3.63, 3.8) is 0 Å². The number of aryl methyl sites for hydroxylation is 1. The minimum absolute atomic E-state index is 0.130. The monoisotopic (exact) mass is 450 g/mol. The lowest BCUT2D eigenvalue weighted by molar-refractivity contribution is -0.274. The van der Waals surface area contributed by atoms with Gasteiger partial charge in [0.1, 0.15) is 22.9 Å². The average molecular weight is 450 g/mol. The fraction of sp³-hybridized carbons (Fsp3) is 0.286. The maximum Gasteiger partial charge on any atom is 0.573 e. The van der Waals surface area contributed by atoms with Gasteiger partial charge in [-0.15, -0.1) is 13.2 Å². The number of carbonyl (C=O) groups is 1. The molecule has 0 radical (unpaired) electrons. The Morgan fingerprint density at radius 1 is 1.19 bits per heavy atom. The van der Waals surface area contributed by atoms with Gasteiger partial charge >= 0.3 is 6.36 Å². The lowest BCUT2D eigenvalue weighted by Crippen LogP contribution is -2.49. The third kappa shape index (κ3) is 4.23. The minimum atomic E-state index is -4.97. The van der Waals surface area contributed by atoms with Crippen molar-refractivity contribution < 1.29 is 27.1 Å². The molecule has 1 aliphatic heterocycles. The van der Waals surface area contributed by atoms with Crippen LogP contribution in [0, 0.1) is 12.7 Å². The predicted octanol–water partition coefficient (Wildman–Crippen LogP) is 3.42. The Hall–Kier alpha value is -3.63. The third-order valence-electron chi connectivity index (χ3n) is 5.12. The van der Waals surface area contributed by atoms with E-state index in [0.29, 0.717) is 11.8 Å². The van der Waals surface area contributed by atoms with E-state index in [1.54, 1.807) is 24.6 Å². The van der Waals surface area contributed by atoms with Crippen molar-refractivity contribution in [1.29, 1.82) is 0 Å². The molecule has 0 unspecified atom stereocenters. The highest BCUT2D eigenvalue weighted by atomic mass is 19.4. The Kier molecular flexibility index (Phi) is 5.27. The van der Waals surface area contributed by atoms with Gasteiger partial charge in [0, 0.05) is 31.4 Å². The number of aromatic nitrogens is 3. The van der Waals surface area contributed by atoms with Crippen LogP contribution in [-0.4, -0.2) is 37.3 Å². The number of ether oxygens (including phenoxy) is 1. The van der Waals surface area contributed by atoms with Crippen LogP contribution in [0.2, 0.25) is 0 Å². The summed E-state index contributed by atoms with van der Waals surface area (Å²) in [5.41, 5.74) is 0.961. The van der Waals surface area contributed by atoms with E-state index >= 15 is 0 Å². The van der Waals surface area contributed by atoms with E-state index in [1.807, 2.05) is 0 Å². The smallest absolute Gasteiger partial charge is 0.406 e. The molecule has 3 heterocycles. The molecule has 168 valence electrons. The van der Waals surface area contributed by atoms with E-state index in [9.17, 15) is 27.2 Å². The van der Waals surface area contributed by atoms with Gasteiger partial charge in [0.15, 0.2) is 0 Å². The number of nitrogens with zero attached hydrogens (tertiary/aromatic N) is 4. The fourth-order valence-corrected chi connectivity index (χ4v) is 3.72. The van der Waals surface area contributed by atoms with Crippen LogP contribution in [0.15, 0.2) is 47.7 Å². The normalized spacial score (nSPS) is 16.2. The standard InChI is InChI=1S/C21H18F4N4O3/c1-12-8-27(11-26-12)17-3-4-18-20(31)28(13(2)9-29(18)19(17)30)10-14-5-15(22)7-16(6-14)32-21(23,24)25/h3-8,11,13H,9-10H2,1-2H3/t13-/m1/s1. The fourth-order valence-electron chi connectivity index (χ4n) is 3.72. The van der Waals surface area contributed by atoms with Crippen LogP contribution in [0.4, 0.5) is 17.6 Å². The number of pyridine rings is 1. The van der Waals surface area contributed by atoms with Crippen molar-refractivity contribution in [3.05, 3.63) is 76.0 Å². The van der Waals surface area contributed by atoms with Gasteiger partial charge in [0.05, 0.1) is 12.0 Å². The van der Waals surface area contributed by atoms with Gasteiger partial charge in [-0.05, 0) is 43.7 Å². The lowest BCUT2D eigenvalue weighted by atomic mass is 10.1. The van der Waals surface area contributed by atoms with Gasteiger partial charge in [-0.1, -0.05) is 0 Å². The Balaban J connectivity index is 1.64. The van der Waals surface area contributed by atoms with Crippen molar-refractivity contribution in [2.24, 2.45) is 0 Å². The third-order valence-corrected chi connectivity index (χ3v) is 5.12. The summed E-state index contributed by atoms with van der Waals surface area (Å²) in [6, 6.07) is 5.24. The van der Waals surface area contributed by atoms with E-state index in [4.69, 9.17) is 0 Å². The topological polar surface area (TPSA) is 69.4 Å². The first-order valence-corrected chi connectivity index (χ1v) is 9.63. The van der Waals surface area contributed by atoms with E-state index < -0.39 is 29.9 Å². The number of benzene rings is 1. The number of fused-ring (bicyclic) bond motifs is 1. The zero-order valence-electron chi connectivity index (χ0n) is 17.1. The molecule has 0 aliphatic carbocycles. The summed E-state index contributed by atoms with van der Waals surface area (Å²) >= 11 is 0. The van der Waals surface area contributed by atoms with Crippen molar-refractivity contribution in [2.45, 2.75) is 39.3 Å². The second kappa shape index (κ2) is 7.81. The van der Waals surface area contributed by atoms with Crippen LogP contribution in [-0.2, 0) is 13.1 Å². The largest absolute Gasteiger partial charge is 0.573 e. The molecule has 0 bridgehead atoms. The number of hydrogen-bond acceptors (Lipinski definition) is 4. The van der Waals surface area contributed by atoms with Crippen LogP contribution in [0.25, 0.3) is 5.69 Å². The van der Waals surface area contributed by atoms with Crippen LogP contribution in [0.1, 0.15) is 28.7 Å². The van der Waals surface area contributed by atoms with Crippen LogP contribution >= 0.6 is 0 Å². The molecule has 0 fully saturated rings. The van der Waals surface area contributed by atoms with Crippen LogP contribution in [0.3, 0.4) is 0 Å². The van der Waals surface area contributed by atoms with Gasteiger partial charge in [-0.3, -0.25) is 9.59 Å². The highest BCUT2D eigenvalue weighted by Gasteiger charge is 2.33. The Morgan fingerprint density at radius 3 is 2.59 bits per heavy atom. The first-order chi connectivity index (χ1) is 15.0. The molecule has 1 amide bonds. The summed E-state index contributed by atoms with van der Waals surface area (Å²) < 4.78 is 58.1. The zero-order chi connectivity index (χ0) is 23.2. The number of amides is 1. The molecule has 2 aromatic heterocycles. The van der Waals surface area contributed by atoms with Gasteiger partial charge in [0.2, 0.25) is 0 Å². The van der Waals surface area contributed by atoms with Crippen LogP contribution in [0.5, 0.6) is 5.75 Å². The SMILES string of the molecule is Cc1cn(-c2ccc3n(c2=O)C[C@@H](C)N(Cc2cc(F)cc(OC(F)(F)F)c2)C3=O)cn1. The average Bonchev–Trinajstić information content (AvgIpc) is 3.10. The maximum absolute atomic E-state index is 13.8. The molecule has 1 aromatic carbocycles. The number of carbonyl (C=O) groups excluding carboxylic acids is 1. The summed E-state index contributed by atoms with van der Waals surface area (Å²) in [6.45, 7) is 3.51. The van der Waals surface area contributed by atoms with E-state index in [-0.39, 0.29) is 29.9 Å². The van der Waals surface area contributed by atoms with E-state index in [2.05, 4.69) is 9.72 Å². The zero-order valence-corrected chi connectivity index (χ0v) is 17.1. The molecule has 0 spiro atoms. The van der Waals surface area contributed by atoms with Crippen molar-refractivity contribution in [2.75, 3.05) is 0 Å². The second-order valence-corrected chi connectivity index (χ2v) is 7.57.